The second-order valence-electron chi connectivity index (χ2n) is 3.43. The summed E-state index contributed by atoms with van der Waals surface area (Å²) in [5.74, 6) is 0.405. The molecule has 0 aliphatic rings. The summed E-state index contributed by atoms with van der Waals surface area (Å²) in [7, 11) is 1.85. The van der Waals surface area contributed by atoms with Gasteiger partial charge in [0, 0.05) is 29.4 Å². The summed E-state index contributed by atoms with van der Waals surface area (Å²) in [6, 6.07) is 5.34. The monoisotopic (exact) mass is 274 g/mol. The van der Waals surface area contributed by atoms with Crippen LogP contribution in [0.15, 0.2) is 24.4 Å². The minimum atomic E-state index is 0.405. The third-order valence-electron chi connectivity index (χ3n) is 2.23. The number of halogens is 3. The maximum Gasteiger partial charge on any atom is 0.0982 e. The molecule has 0 aliphatic carbocycles. The average Bonchev–Trinajstić information content (AvgIpc) is 2.59. The number of nitrogens with zero attached hydrogens (tertiary/aromatic N) is 2. The second kappa shape index (κ2) is 4.66. The van der Waals surface area contributed by atoms with Gasteiger partial charge in [-0.25, -0.2) is 0 Å². The lowest BCUT2D eigenvalue weighted by atomic mass is 10.1. The molecule has 16 heavy (non-hydrogen) atoms. The van der Waals surface area contributed by atoms with Crippen molar-refractivity contribution in [1.29, 1.82) is 0 Å². The highest BCUT2D eigenvalue weighted by Gasteiger charge is 2.12. The SMILES string of the molecule is Cn1cc(CCl)c(-c2ccc(Cl)cc2Cl)n1. The van der Waals surface area contributed by atoms with Crippen LogP contribution in [-0.2, 0) is 12.9 Å². The van der Waals surface area contributed by atoms with Crippen molar-refractivity contribution in [2.45, 2.75) is 5.88 Å². The normalized spacial score (nSPS) is 10.8. The molecule has 1 heterocycles. The molecule has 0 aliphatic heterocycles. The van der Waals surface area contributed by atoms with Crippen molar-refractivity contribution in [2.24, 2.45) is 7.05 Å². The Morgan fingerprint density at radius 2 is 2.06 bits per heavy atom. The molecule has 0 spiro atoms. The molecule has 1 aromatic heterocycles. The summed E-state index contributed by atoms with van der Waals surface area (Å²) in [5.41, 5.74) is 2.61. The topological polar surface area (TPSA) is 17.8 Å². The van der Waals surface area contributed by atoms with E-state index >= 15 is 0 Å². The number of aryl methyl sites for hydroxylation is 1. The summed E-state index contributed by atoms with van der Waals surface area (Å²) < 4.78 is 1.72. The standard InChI is InChI=1S/C11H9Cl3N2/c1-16-6-7(5-12)11(15-16)9-3-2-8(13)4-10(9)14/h2-4,6H,5H2,1H3. The Labute approximate surface area is 109 Å². The van der Waals surface area contributed by atoms with Gasteiger partial charge in [0.2, 0.25) is 0 Å². The second-order valence-corrected chi connectivity index (χ2v) is 4.55. The largest absolute Gasteiger partial charge is 0.275 e. The molecule has 0 amide bonds. The third-order valence-corrected chi connectivity index (χ3v) is 3.07. The molecule has 84 valence electrons. The lowest BCUT2D eigenvalue weighted by molar-refractivity contribution is 0.770. The molecule has 2 nitrogen and oxygen atoms in total. The van der Waals surface area contributed by atoms with Crippen molar-refractivity contribution in [1.82, 2.24) is 9.78 Å². The van der Waals surface area contributed by atoms with Gasteiger partial charge in [0.05, 0.1) is 16.6 Å². The van der Waals surface area contributed by atoms with E-state index in [1.54, 1.807) is 16.8 Å². The van der Waals surface area contributed by atoms with E-state index in [1.165, 1.54) is 0 Å². The number of aromatic nitrogens is 2. The molecular weight excluding hydrogens is 266 g/mol. The molecule has 0 saturated heterocycles. The molecular formula is C11H9Cl3N2. The summed E-state index contributed by atoms with van der Waals surface area (Å²) in [6.45, 7) is 0. The van der Waals surface area contributed by atoms with Gasteiger partial charge in [-0.05, 0) is 18.2 Å². The van der Waals surface area contributed by atoms with Crippen LogP contribution in [-0.4, -0.2) is 9.78 Å². The Balaban J connectivity index is 2.57. The van der Waals surface area contributed by atoms with Gasteiger partial charge in [-0.3, -0.25) is 4.68 Å². The zero-order chi connectivity index (χ0) is 11.7. The van der Waals surface area contributed by atoms with Crippen LogP contribution in [0.5, 0.6) is 0 Å². The fourth-order valence-electron chi connectivity index (χ4n) is 1.54. The molecule has 0 unspecified atom stereocenters. The van der Waals surface area contributed by atoms with Gasteiger partial charge in [0.15, 0.2) is 0 Å². The number of rotatable bonds is 2. The molecule has 2 aromatic rings. The zero-order valence-corrected chi connectivity index (χ0v) is 10.8. The molecule has 0 saturated carbocycles. The highest BCUT2D eigenvalue weighted by Crippen LogP contribution is 2.31. The Morgan fingerprint density at radius 1 is 1.31 bits per heavy atom. The van der Waals surface area contributed by atoms with E-state index in [9.17, 15) is 0 Å². The summed E-state index contributed by atoms with van der Waals surface area (Å²) in [4.78, 5) is 0. The highest BCUT2D eigenvalue weighted by atomic mass is 35.5. The van der Waals surface area contributed by atoms with Gasteiger partial charge in [-0.2, -0.15) is 5.10 Å². The molecule has 1 aromatic carbocycles. The average molecular weight is 276 g/mol. The van der Waals surface area contributed by atoms with Crippen molar-refractivity contribution in [3.8, 4) is 11.3 Å². The zero-order valence-electron chi connectivity index (χ0n) is 8.54. The van der Waals surface area contributed by atoms with Gasteiger partial charge in [-0.1, -0.05) is 23.2 Å². The van der Waals surface area contributed by atoms with Gasteiger partial charge >= 0.3 is 0 Å². The first-order chi connectivity index (χ1) is 7.61. The fraction of sp³-hybridized carbons (Fsp3) is 0.182. The quantitative estimate of drug-likeness (QED) is 0.754. The van der Waals surface area contributed by atoms with Crippen LogP contribution < -0.4 is 0 Å². The van der Waals surface area contributed by atoms with E-state index in [0.717, 1.165) is 16.8 Å². The number of alkyl halides is 1. The third kappa shape index (κ3) is 2.19. The highest BCUT2D eigenvalue weighted by molar-refractivity contribution is 6.36. The van der Waals surface area contributed by atoms with E-state index in [4.69, 9.17) is 34.8 Å². The van der Waals surface area contributed by atoms with E-state index in [2.05, 4.69) is 5.10 Å². The van der Waals surface area contributed by atoms with Crippen molar-refractivity contribution in [3.63, 3.8) is 0 Å². The van der Waals surface area contributed by atoms with E-state index in [-0.39, 0.29) is 0 Å². The lowest BCUT2D eigenvalue weighted by Gasteiger charge is -2.03. The molecule has 0 atom stereocenters. The molecule has 0 fully saturated rings. The molecule has 5 heteroatoms. The van der Waals surface area contributed by atoms with Crippen molar-refractivity contribution in [3.05, 3.63) is 40.0 Å². The first-order valence-corrected chi connectivity index (χ1v) is 5.94. The van der Waals surface area contributed by atoms with Crippen molar-refractivity contribution in [2.75, 3.05) is 0 Å². The van der Waals surface area contributed by atoms with Gasteiger partial charge in [0.1, 0.15) is 0 Å². The van der Waals surface area contributed by atoms with Crippen LogP contribution in [0.3, 0.4) is 0 Å². The van der Waals surface area contributed by atoms with Crippen LogP contribution in [0.2, 0.25) is 10.0 Å². The Kier molecular flexibility index (Phi) is 3.43. The smallest absolute Gasteiger partial charge is 0.0982 e. The fourth-order valence-corrected chi connectivity index (χ4v) is 2.24. The molecule has 0 N–H and O–H groups in total. The molecule has 0 radical (unpaired) electrons. The van der Waals surface area contributed by atoms with Gasteiger partial charge in [-0.15, -0.1) is 11.6 Å². The van der Waals surface area contributed by atoms with Crippen LogP contribution in [0.1, 0.15) is 5.56 Å². The predicted molar refractivity (Wildman–Crippen MR) is 68.2 cm³/mol. The minimum absolute atomic E-state index is 0.405. The predicted octanol–water partition coefficient (Wildman–Crippen LogP) is 4.13. The van der Waals surface area contributed by atoms with E-state index in [1.807, 2.05) is 19.3 Å². The van der Waals surface area contributed by atoms with Crippen LogP contribution in [0.4, 0.5) is 0 Å². The number of hydrogen-bond donors (Lipinski definition) is 0. The van der Waals surface area contributed by atoms with Crippen molar-refractivity contribution >= 4 is 34.8 Å². The number of hydrogen-bond acceptors (Lipinski definition) is 1. The summed E-state index contributed by atoms with van der Waals surface area (Å²) in [5, 5.41) is 5.54. The number of benzene rings is 1. The van der Waals surface area contributed by atoms with Crippen molar-refractivity contribution < 1.29 is 0 Å². The van der Waals surface area contributed by atoms with E-state index in [0.29, 0.717) is 15.9 Å². The Morgan fingerprint density at radius 3 is 2.69 bits per heavy atom. The first-order valence-electron chi connectivity index (χ1n) is 4.65. The van der Waals surface area contributed by atoms with Crippen LogP contribution in [0, 0.1) is 0 Å². The first kappa shape index (κ1) is 11.8. The summed E-state index contributed by atoms with van der Waals surface area (Å²) >= 11 is 17.8. The van der Waals surface area contributed by atoms with Gasteiger partial charge in [0.25, 0.3) is 0 Å². The summed E-state index contributed by atoms with van der Waals surface area (Å²) in [6.07, 6.45) is 1.88. The van der Waals surface area contributed by atoms with Crippen LogP contribution in [0.25, 0.3) is 11.3 Å². The maximum absolute atomic E-state index is 6.13. The van der Waals surface area contributed by atoms with E-state index < -0.39 is 0 Å². The van der Waals surface area contributed by atoms with Gasteiger partial charge < -0.3 is 0 Å². The Hall–Kier alpha value is -0.700. The minimum Gasteiger partial charge on any atom is -0.275 e. The Bertz CT molecular complexity index is 520. The maximum atomic E-state index is 6.13. The van der Waals surface area contributed by atoms with Crippen LogP contribution >= 0.6 is 34.8 Å². The molecule has 0 bridgehead atoms. The lowest BCUT2D eigenvalue weighted by Crippen LogP contribution is -1.88. The molecule has 2 rings (SSSR count).